The number of hydrogen-bond acceptors (Lipinski definition) is 2. The standard InChI is InChI=1S/C12H14F3NO/c1-8-4-10-5-9(2-3-11(10)17-8)6-16-7-12(13,14)15/h2-3,5,8,16H,4,6-7H2,1H3. The lowest BCUT2D eigenvalue weighted by atomic mass is 10.1. The van der Waals surface area contributed by atoms with E-state index in [1.165, 1.54) is 0 Å². The van der Waals surface area contributed by atoms with Gasteiger partial charge in [0.2, 0.25) is 0 Å². The molecule has 94 valence electrons. The van der Waals surface area contributed by atoms with Crippen molar-refractivity contribution >= 4 is 0 Å². The molecule has 5 heteroatoms. The molecular formula is C12H14F3NO. The second-order valence-electron chi connectivity index (χ2n) is 4.29. The van der Waals surface area contributed by atoms with Crippen molar-refractivity contribution in [2.45, 2.75) is 32.2 Å². The smallest absolute Gasteiger partial charge is 0.401 e. The average molecular weight is 245 g/mol. The van der Waals surface area contributed by atoms with Gasteiger partial charge in [-0.15, -0.1) is 0 Å². The molecule has 1 N–H and O–H groups in total. The van der Waals surface area contributed by atoms with E-state index in [0.717, 1.165) is 23.3 Å². The predicted octanol–water partition coefficient (Wildman–Crippen LogP) is 2.66. The minimum atomic E-state index is -4.16. The van der Waals surface area contributed by atoms with Crippen molar-refractivity contribution in [1.29, 1.82) is 0 Å². The van der Waals surface area contributed by atoms with Crippen LogP contribution in [-0.4, -0.2) is 18.8 Å². The van der Waals surface area contributed by atoms with E-state index in [1.54, 1.807) is 6.07 Å². The summed E-state index contributed by atoms with van der Waals surface area (Å²) in [5.41, 5.74) is 1.93. The number of alkyl halides is 3. The molecule has 1 atom stereocenters. The van der Waals surface area contributed by atoms with E-state index >= 15 is 0 Å². The van der Waals surface area contributed by atoms with E-state index in [-0.39, 0.29) is 12.6 Å². The van der Waals surface area contributed by atoms with Crippen LogP contribution >= 0.6 is 0 Å². The Labute approximate surface area is 97.8 Å². The molecule has 1 heterocycles. The molecule has 1 unspecified atom stereocenters. The van der Waals surface area contributed by atoms with Crippen molar-refractivity contribution in [1.82, 2.24) is 5.32 Å². The van der Waals surface area contributed by atoms with Gasteiger partial charge in [0.15, 0.2) is 0 Å². The van der Waals surface area contributed by atoms with E-state index < -0.39 is 12.7 Å². The van der Waals surface area contributed by atoms with Crippen LogP contribution in [0.2, 0.25) is 0 Å². The molecule has 0 fully saturated rings. The fourth-order valence-corrected chi connectivity index (χ4v) is 1.93. The van der Waals surface area contributed by atoms with Gasteiger partial charge < -0.3 is 10.1 Å². The Hall–Kier alpha value is -1.23. The maximum Gasteiger partial charge on any atom is 0.401 e. The first-order chi connectivity index (χ1) is 7.94. The number of nitrogens with one attached hydrogen (secondary N) is 1. The molecule has 0 spiro atoms. The monoisotopic (exact) mass is 245 g/mol. The van der Waals surface area contributed by atoms with E-state index in [0.29, 0.717) is 0 Å². The van der Waals surface area contributed by atoms with Crippen molar-refractivity contribution < 1.29 is 17.9 Å². The van der Waals surface area contributed by atoms with Gasteiger partial charge in [0.05, 0.1) is 6.54 Å². The van der Waals surface area contributed by atoms with Gasteiger partial charge in [0, 0.05) is 13.0 Å². The van der Waals surface area contributed by atoms with Gasteiger partial charge in [-0.05, 0) is 24.1 Å². The summed E-state index contributed by atoms with van der Waals surface area (Å²) in [6.45, 7) is 1.24. The highest BCUT2D eigenvalue weighted by atomic mass is 19.4. The average Bonchev–Trinajstić information content (AvgIpc) is 2.55. The quantitative estimate of drug-likeness (QED) is 0.884. The third-order valence-electron chi connectivity index (χ3n) is 2.61. The third kappa shape index (κ3) is 3.36. The van der Waals surface area contributed by atoms with Crippen molar-refractivity contribution in [3.05, 3.63) is 29.3 Å². The second kappa shape index (κ2) is 4.56. The van der Waals surface area contributed by atoms with Gasteiger partial charge in [-0.3, -0.25) is 0 Å². The van der Waals surface area contributed by atoms with Crippen LogP contribution in [0, 0.1) is 0 Å². The molecule has 1 aliphatic rings. The van der Waals surface area contributed by atoms with Crippen LogP contribution in [-0.2, 0) is 13.0 Å². The van der Waals surface area contributed by atoms with Gasteiger partial charge >= 0.3 is 6.18 Å². The van der Waals surface area contributed by atoms with Crippen LogP contribution < -0.4 is 10.1 Å². The Kier molecular flexibility index (Phi) is 3.28. The van der Waals surface area contributed by atoms with E-state index in [4.69, 9.17) is 4.74 Å². The van der Waals surface area contributed by atoms with Gasteiger partial charge in [0.25, 0.3) is 0 Å². The zero-order chi connectivity index (χ0) is 12.5. The second-order valence-corrected chi connectivity index (χ2v) is 4.29. The summed E-state index contributed by atoms with van der Waals surface area (Å²) in [5, 5.41) is 2.38. The number of fused-ring (bicyclic) bond motifs is 1. The summed E-state index contributed by atoms with van der Waals surface area (Å²) < 4.78 is 41.4. The fourth-order valence-electron chi connectivity index (χ4n) is 1.93. The highest BCUT2D eigenvalue weighted by Crippen LogP contribution is 2.29. The fraction of sp³-hybridized carbons (Fsp3) is 0.500. The van der Waals surface area contributed by atoms with Gasteiger partial charge in [-0.25, -0.2) is 0 Å². The molecule has 1 aromatic rings. The van der Waals surface area contributed by atoms with E-state index in [2.05, 4.69) is 5.32 Å². The number of hydrogen-bond donors (Lipinski definition) is 1. The van der Waals surface area contributed by atoms with Gasteiger partial charge in [0.1, 0.15) is 11.9 Å². The third-order valence-corrected chi connectivity index (χ3v) is 2.61. The largest absolute Gasteiger partial charge is 0.490 e. The Bertz CT molecular complexity index is 403. The lowest BCUT2D eigenvalue weighted by Gasteiger charge is -2.08. The van der Waals surface area contributed by atoms with E-state index in [9.17, 15) is 13.2 Å². The molecule has 2 nitrogen and oxygen atoms in total. The summed E-state index contributed by atoms with van der Waals surface area (Å²) in [6.07, 6.45) is -3.18. The Balaban J connectivity index is 1.93. The lowest BCUT2D eigenvalue weighted by Crippen LogP contribution is -2.28. The SMILES string of the molecule is CC1Cc2cc(CNCC(F)(F)F)ccc2O1. The van der Waals surface area contributed by atoms with Crippen molar-refractivity contribution in [3.8, 4) is 5.75 Å². The molecule has 17 heavy (non-hydrogen) atoms. The molecule has 0 aromatic heterocycles. The van der Waals surface area contributed by atoms with Crippen LogP contribution in [0.25, 0.3) is 0 Å². The highest BCUT2D eigenvalue weighted by Gasteiger charge is 2.26. The van der Waals surface area contributed by atoms with Crippen LogP contribution in [0.3, 0.4) is 0 Å². The van der Waals surface area contributed by atoms with Crippen molar-refractivity contribution in [2.24, 2.45) is 0 Å². The maximum atomic E-state index is 11.9. The number of rotatable bonds is 3. The Morgan fingerprint density at radius 3 is 2.88 bits per heavy atom. The first-order valence-electron chi connectivity index (χ1n) is 5.50. The molecular weight excluding hydrogens is 231 g/mol. The minimum Gasteiger partial charge on any atom is -0.490 e. The molecule has 0 aliphatic carbocycles. The first kappa shape index (κ1) is 12.2. The van der Waals surface area contributed by atoms with Crippen LogP contribution in [0.1, 0.15) is 18.1 Å². The maximum absolute atomic E-state index is 11.9. The molecule has 0 saturated heterocycles. The molecule has 1 aliphatic heterocycles. The summed E-state index contributed by atoms with van der Waals surface area (Å²) in [6, 6.07) is 5.52. The molecule has 1 aromatic carbocycles. The molecule has 0 amide bonds. The van der Waals surface area contributed by atoms with Gasteiger partial charge in [-0.1, -0.05) is 12.1 Å². The number of halogens is 3. The zero-order valence-electron chi connectivity index (χ0n) is 9.47. The van der Waals surface area contributed by atoms with Crippen LogP contribution in [0.4, 0.5) is 13.2 Å². The summed E-state index contributed by atoms with van der Waals surface area (Å²) in [5.74, 6) is 0.845. The topological polar surface area (TPSA) is 21.3 Å². The van der Waals surface area contributed by atoms with E-state index in [1.807, 2.05) is 19.1 Å². The Morgan fingerprint density at radius 1 is 1.41 bits per heavy atom. The summed E-state index contributed by atoms with van der Waals surface area (Å²) >= 11 is 0. The minimum absolute atomic E-state index is 0.156. The van der Waals surface area contributed by atoms with Crippen molar-refractivity contribution in [2.75, 3.05) is 6.54 Å². The zero-order valence-corrected chi connectivity index (χ0v) is 9.47. The predicted molar refractivity (Wildman–Crippen MR) is 58.0 cm³/mol. The summed E-state index contributed by atoms with van der Waals surface area (Å²) in [7, 11) is 0. The molecule has 2 rings (SSSR count). The highest BCUT2D eigenvalue weighted by molar-refractivity contribution is 5.40. The van der Waals surface area contributed by atoms with Crippen molar-refractivity contribution in [3.63, 3.8) is 0 Å². The van der Waals surface area contributed by atoms with Gasteiger partial charge in [-0.2, -0.15) is 13.2 Å². The Morgan fingerprint density at radius 2 is 2.18 bits per heavy atom. The molecule has 0 radical (unpaired) electrons. The number of benzene rings is 1. The normalized spacial score (nSPS) is 18.9. The van der Waals surface area contributed by atoms with Crippen LogP contribution in [0.5, 0.6) is 5.75 Å². The van der Waals surface area contributed by atoms with Crippen LogP contribution in [0.15, 0.2) is 18.2 Å². The molecule has 0 bridgehead atoms. The first-order valence-corrected chi connectivity index (χ1v) is 5.50. The lowest BCUT2D eigenvalue weighted by molar-refractivity contribution is -0.125. The number of ether oxygens (including phenoxy) is 1. The molecule has 0 saturated carbocycles. The summed E-state index contributed by atoms with van der Waals surface area (Å²) in [4.78, 5) is 0.